The summed E-state index contributed by atoms with van der Waals surface area (Å²) in [5.41, 5.74) is 6.12. The second-order valence-electron chi connectivity index (χ2n) is 4.56. The molecule has 8 heteroatoms. The Hall–Kier alpha value is -1.77. The molecule has 1 aliphatic heterocycles. The molecule has 0 bridgehead atoms. The van der Waals surface area contributed by atoms with Gasteiger partial charge in [0.25, 0.3) is 0 Å². The van der Waals surface area contributed by atoms with Gasteiger partial charge in [-0.2, -0.15) is 4.31 Å². The molecule has 2 aromatic rings. The Morgan fingerprint density at radius 2 is 2.10 bits per heavy atom. The van der Waals surface area contributed by atoms with Crippen LogP contribution in [0.25, 0.3) is 0 Å². The minimum atomic E-state index is -3.53. The van der Waals surface area contributed by atoms with Gasteiger partial charge in [-0.05, 0) is 12.1 Å². The van der Waals surface area contributed by atoms with E-state index in [4.69, 9.17) is 5.73 Å². The number of nitrogens with two attached hydrogens (primary N) is 1. The summed E-state index contributed by atoms with van der Waals surface area (Å²) in [6.07, 6.45) is 4.90. The molecule has 7 nitrogen and oxygen atoms in total. The summed E-state index contributed by atoms with van der Waals surface area (Å²) in [6.45, 7) is 1.63. The van der Waals surface area contributed by atoms with Gasteiger partial charge >= 0.3 is 0 Å². The Balaban J connectivity index is 1.88. The van der Waals surface area contributed by atoms with Crippen LogP contribution in [0, 0.1) is 0 Å². The Kier molecular flexibility index (Phi) is 3.28. The van der Waals surface area contributed by atoms with Gasteiger partial charge in [-0.25, -0.2) is 13.4 Å². The number of nitrogens with zero attached hydrogens (tertiary/aromatic N) is 4. The van der Waals surface area contributed by atoms with Crippen LogP contribution < -0.4 is 5.73 Å². The number of fused-ring (bicyclic) bond motifs is 1. The minimum Gasteiger partial charge on any atom is -0.333 e. The van der Waals surface area contributed by atoms with E-state index in [9.17, 15) is 8.42 Å². The lowest BCUT2D eigenvalue weighted by Gasteiger charge is -2.26. The van der Waals surface area contributed by atoms with Gasteiger partial charge in [-0.3, -0.25) is 4.98 Å². The number of imidazole rings is 1. The van der Waals surface area contributed by atoms with Crippen LogP contribution in [0.15, 0.2) is 35.6 Å². The molecule has 0 spiro atoms. The van der Waals surface area contributed by atoms with Crippen LogP contribution in [0.4, 0.5) is 0 Å². The molecule has 3 heterocycles. The lowest BCUT2D eigenvalue weighted by atomic mass is 10.4. The third-order valence-corrected chi connectivity index (χ3v) is 5.18. The summed E-state index contributed by atoms with van der Waals surface area (Å²) in [4.78, 5) is 8.40. The number of pyridine rings is 1. The summed E-state index contributed by atoms with van der Waals surface area (Å²) >= 11 is 0. The first-order valence-electron chi connectivity index (χ1n) is 6.26. The highest BCUT2D eigenvalue weighted by Gasteiger charge is 2.29. The van der Waals surface area contributed by atoms with Crippen molar-refractivity contribution in [2.45, 2.75) is 24.5 Å². The minimum absolute atomic E-state index is 0.190. The molecular formula is C12H15N5O2S. The Bertz CT molecular complexity index is 708. The van der Waals surface area contributed by atoms with Crippen LogP contribution in [-0.2, 0) is 29.7 Å². The van der Waals surface area contributed by atoms with E-state index in [0.717, 1.165) is 5.82 Å². The second kappa shape index (κ2) is 4.97. The standard InChI is InChI=1S/C12H15N5O2S/c13-7-10-1-2-11(8-15-10)20(18,19)17-6-5-16-4-3-14-12(16)9-17/h1-4,8H,5-7,9,13H2. The highest BCUT2D eigenvalue weighted by atomic mass is 32.2. The largest absolute Gasteiger partial charge is 0.333 e. The molecule has 0 atom stereocenters. The summed E-state index contributed by atoms with van der Waals surface area (Å²) in [5, 5.41) is 0. The van der Waals surface area contributed by atoms with Crippen LogP contribution in [-0.4, -0.2) is 33.8 Å². The monoisotopic (exact) mass is 293 g/mol. The van der Waals surface area contributed by atoms with Crippen LogP contribution in [0.1, 0.15) is 11.5 Å². The summed E-state index contributed by atoms with van der Waals surface area (Å²) in [6, 6.07) is 3.18. The fourth-order valence-electron chi connectivity index (χ4n) is 2.19. The van der Waals surface area contributed by atoms with E-state index in [1.807, 2.05) is 10.8 Å². The average Bonchev–Trinajstić information content (AvgIpc) is 2.94. The summed E-state index contributed by atoms with van der Waals surface area (Å²) in [5.74, 6) is 0.756. The van der Waals surface area contributed by atoms with E-state index < -0.39 is 10.0 Å². The molecule has 106 valence electrons. The van der Waals surface area contributed by atoms with Crippen molar-refractivity contribution in [1.29, 1.82) is 0 Å². The van der Waals surface area contributed by atoms with Crippen molar-refractivity contribution in [2.24, 2.45) is 5.73 Å². The van der Waals surface area contributed by atoms with Crippen LogP contribution in [0.3, 0.4) is 0 Å². The number of aromatic nitrogens is 3. The lowest BCUT2D eigenvalue weighted by molar-refractivity contribution is 0.335. The van der Waals surface area contributed by atoms with E-state index in [-0.39, 0.29) is 11.4 Å². The molecule has 0 aliphatic carbocycles. The van der Waals surface area contributed by atoms with Gasteiger partial charge in [0.1, 0.15) is 10.7 Å². The third kappa shape index (κ3) is 2.21. The molecule has 3 rings (SSSR count). The molecule has 2 aromatic heterocycles. The zero-order chi connectivity index (χ0) is 14.2. The molecule has 0 fully saturated rings. The summed E-state index contributed by atoms with van der Waals surface area (Å²) in [7, 11) is -3.53. The van der Waals surface area contributed by atoms with Gasteiger partial charge in [0.05, 0.1) is 12.2 Å². The van der Waals surface area contributed by atoms with E-state index in [1.165, 1.54) is 10.5 Å². The third-order valence-electron chi connectivity index (χ3n) is 3.35. The molecule has 0 unspecified atom stereocenters. The molecule has 0 aromatic carbocycles. The first-order chi connectivity index (χ1) is 9.61. The summed E-state index contributed by atoms with van der Waals surface area (Å²) < 4.78 is 28.5. The Morgan fingerprint density at radius 1 is 1.25 bits per heavy atom. The zero-order valence-electron chi connectivity index (χ0n) is 10.8. The fraction of sp³-hybridized carbons (Fsp3) is 0.333. The quantitative estimate of drug-likeness (QED) is 0.855. The molecule has 0 saturated carbocycles. The van der Waals surface area contributed by atoms with Crippen molar-refractivity contribution in [3.05, 3.63) is 42.2 Å². The van der Waals surface area contributed by atoms with Crippen molar-refractivity contribution in [3.8, 4) is 0 Å². The second-order valence-corrected chi connectivity index (χ2v) is 6.50. The van der Waals surface area contributed by atoms with Gasteiger partial charge in [-0.1, -0.05) is 0 Å². The van der Waals surface area contributed by atoms with Crippen LogP contribution in [0.2, 0.25) is 0 Å². The first kappa shape index (κ1) is 13.2. The molecular weight excluding hydrogens is 278 g/mol. The van der Waals surface area contributed by atoms with Crippen molar-refractivity contribution in [2.75, 3.05) is 6.54 Å². The van der Waals surface area contributed by atoms with E-state index in [0.29, 0.717) is 25.3 Å². The maximum atomic E-state index is 12.5. The van der Waals surface area contributed by atoms with Crippen LogP contribution >= 0.6 is 0 Å². The Morgan fingerprint density at radius 3 is 2.80 bits per heavy atom. The van der Waals surface area contributed by atoms with Crippen molar-refractivity contribution < 1.29 is 8.42 Å². The molecule has 0 amide bonds. The average molecular weight is 293 g/mol. The maximum Gasteiger partial charge on any atom is 0.245 e. The van der Waals surface area contributed by atoms with Gasteiger partial charge < -0.3 is 10.3 Å². The normalized spacial score (nSPS) is 16.1. The highest BCUT2D eigenvalue weighted by Crippen LogP contribution is 2.20. The van der Waals surface area contributed by atoms with Crippen molar-refractivity contribution in [3.63, 3.8) is 0 Å². The lowest BCUT2D eigenvalue weighted by Crippen LogP contribution is -2.38. The molecule has 0 saturated heterocycles. The number of sulfonamides is 1. The number of hydrogen-bond acceptors (Lipinski definition) is 5. The molecule has 0 radical (unpaired) electrons. The van der Waals surface area contributed by atoms with Gasteiger partial charge in [0, 0.05) is 38.2 Å². The number of hydrogen-bond donors (Lipinski definition) is 1. The van der Waals surface area contributed by atoms with E-state index >= 15 is 0 Å². The Labute approximate surface area is 117 Å². The van der Waals surface area contributed by atoms with Crippen LogP contribution in [0.5, 0.6) is 0 Å². The smallest absolute Gasteiger partial charge is 0.245 e. The number of rotatable bonds is 3. The molecule has 1 aliphatic rings. The highest BCUT2D eigenvalue weighted by molar-refractivity contribution is 7.89. The SMILES string of the molecule is NCc1ccc(S(=O)(=O)N2CCn3ccnc3C2)cn1. The van der Waals surface area contributed by atoms with Gasteiger partial charge in [0.2, 0.25) is 10.0 Å². The van der Waals surface area contributed by atoms with E-state index in [1.54, 1.807) is 18.3 Å². The van der Waals surface area contributed by atoms with E-state index in [2.05, 4.69) is 9.97 Å². The zero-order valence-corrected chi connectivity index (χ0v) is 11.6. The van der Waals surface area contributed by atoms with Gasteiger partial charge in [0.15, 0.2) is 0 Å². The van der Waals surface area contributed by atoms with Crippen molar-refractivity contribution >= 4 is 10.0 Å². The first-order valence-corrected chi connectivity index (χ1v) is 7.70. The predicted molar refractivity (Wildman–Crippen MR) is 72.0 cm³/mol. The maximum absolute atomic E-state index is 12.5. The predicted octanol–water partition coefficient (Wildman–Crippen LogP) is -0.0587. The topological polar surface area (TPSA) is 94.1 Å². The molecule has 2 N–H and O–H groups in total. The fourth-order valence-corrected chi connectivity index (χ4v) is 3.52. The van der Waals surface area contributed by atoms with Gasteiger partial charge in [-0.15, -0.1) is 0 Å². The van der Waals surface area contributed by atoms with Crippen molar-refractivity contribution in [1.82, 2.24) is 18.8 Å². The molecule has 20 heavy (non-hydrogen) atoms.